The molecule has 1 amide bonds. The van der Waals surface area contributed by atoms with E-state index in [1.54, 1.807) is 0 Å². The van der Waals surface area contributed by atoms with Crippen LogP contribution in [-0.4, -0.2) is 51.2 Å². The minimum absolute atomic E-state index is 0.138. The second-order valence-corrected chi connectivity index (χ2v) is 4.78. The fourth-order valence-electron chi connectivity index (χ4n) is 2.37. The average Bonchev–Trinajstić information content (AvgIpc) is 2.95. The predicted molar refractivity (Wildman–Crippen MR) is 70.2 cm³/mol. The van der Waals surface area contributed by atoms with Crippen molar-refractivity contribution in [1.82, 2.24) is 14.7 Å². The summed E-state index contributed by atoms with van der Waals surface area (Å²) in [4.78, 5) is 35.4. The number of rotatable bonds is 4. The molecule has 1 aliphatic heterocycles. The molecule has 1 aromatic heterocycles. The van der Waals surface area contributed by atoms with Crippen molar-refractivity contribution in [2.45, 2.75) is 31.8 Å². The smallest absolute Gasteiger partial charge is 0.328 e. The lowest BCUT2D eigenvalue weighted by atomic mass is 10.0. The number of amides is 1. The zero-order chi connectivity index (χ0) is 15.4. The van der Waals surface area contributed by atoms with Crippen molar-refractivity contribution in [3.8, 4) is 0 Å². The van der Waals surface area contributed by atoms with Crippen LogP contribution in [0.25, 0.3) is 0 Å². The van der Waals surface area contributed by atoms with Crippen molar-refractivity contribution in [2.24, 2.45) is 0 Å². The zero-order valence-electron chi connectivity index (χ0n) is 11.6. The first-order valence-electron chi connectivity index (χ1n) is 6.57. The molecule has 1 fully saturated rings. The third kappa shape index (κ3) is 3.36. The minimum Gasteiger partial charge on any atom is -0.467 e. The number of ether oxygens (including phenoxy) is 1. The lowest BCUT2D eigenvalue weighted by molar-refractivity contribution is -0.385. The summed E-state index contributed by atoms with van der Waals surface area (Å²) in [6.45, 7) is 0.337. The molecule has 9 heteroatoms. The number of nitro groups is 1. The zero-order valence-corrected chi connectivity index (χ0v) is 11.6. The van der Waals surface area contributed by atoms with Gasteiger partial charge in [0.25, 0.3) is 0 Å². The number of carbonyl (C=O) groups excluding carboxylic acids is 2. The van der Waals surface area contributed by atoms with Gasteiger partial charge < -0.3 is 9.64 Å². The van der Waals surface area contributed by atoms with E-state index in [0.717, 1.165) is 19.0 Å². The summed E-state index contributed by atoms with van der Waals surface area (Å²) in [5.74, 6) is -0.738. The number of piperidine rings is 1. The number of hydrogen-bond acceptors (Lipinski definition) is 6. The average molecular weight is 296 g/mol. The van der Waals surface area contributed by atoms with E-state index >= 15 is 0 Å². The van der Waals surface area contributed by atoms with Crippen molar-refractivity contribution in [3.05, 3.63) is 22.5 Å². The van der Waals surface area contributed by atoms with E-state index in [4.69, 9.17) is 4.74 Å². The molecule has 1 aromatic rings. The molecule has 0 unspecified atom stereocenters. The molecule has 0 aliphatic carbocycles. The van der Waals surface area contributed by atoms with E-state index in [-0.39, 0.29) is 18.1 Å². The Morgan fingerprint density at radius 1 is 1.52 bits per heavy atom. The molecule has 21 heavy (non-hydrogen) atoms. The molecule has 0 spiro atoms. The van der Waals surface area contributed by atoms with Gasteiger partial charge >= 0.3 is 11.7 Å². The molecule has 0 aromatic carbocycles. The third-order valence-electron chi connectivity index (χ3n) is 3.42. The molecule has 114 valence electrons. The van der Waals surface area contributed by atoms with Crippen LogP contribution in [0.4, 0.5) is 5.69 Å². The van der Waals surface area contributed by atoms with Gasteiger partial charge in [-0.3, -0.25) is 19.6 Å². The summed E-state index contributed by atoms with van der Waals surface area (Å²) < 4.78 is 5.91. The number of carbonyl (C=O) groups is 2. The van der Waals surface area contributed by atoms with Crippen LogP contribution in [0.2, 0.25) is 0 Å². The number of likely N-dealkylation sites (tertiary alicyclic amines) is 1. The van der Waals surface area contributed by atoms with E-state index in [0.29, 0.717) is 13.0 Å². The number of methoxy groups -OCH3 is 1. The second-order valence-electron chi connectivity index (χ2n) is 4.78. The van der Waals surface area contributed by atoms with Crippen LogP contribution in [0.5, 0.6) is 0 Å². The quantitative estimate of drug-likeness (QED) is 0.450. The molecule has 0 N–H and O–H groups in total. The molecule has 0 saturated carbocycles. The number of aromatic nitrogens is 2. The van der Waals surface area contributed by atoms with E-state index < -0.39 is 16.9 Å². The lowest BCUT2D eigenvalue weighted by Gasteiger charge is -2.33. The van der Waals surface area contributed by atoms with E-state index in [1.807, 2.05) is 0 Å². The summed E-state index contributed by atoms with van der Waals surface area (Å²) in [5, 5.41) is 14.4. The van der Waals surface area contributed by atoms with Gasteiger partial charge in [0.15, 0.2) is 0 Å². The largest absolute Gasteiger partial charge is 0.467 e. The van der Waals surface area contributed by atoms with Crippen molar-refractivity contribution in [2.75, 3.05) is 13.7 Å². The van der Waals surface area contributed by atoms with Gasteiger partial charge in [-0.2, -0.15) is 5.10 Å². The summed E-state index contributed by atoms with van der Waals surface area (Å²) >= 11 is 0. The van der Waals surface area contributed by atoms with Gasteiger partial charge in [0.05, 0.1) is 12.0 Å². The fraction of sp³-hybridized carbons (Fsp3) is 0.583. The molecule has 9 nitrogen and oxygen atoms in total. The standard InChI is InChI=1S/C12H16N4O5/c1-21-12(18)10-4-2-3-5-15(10)11(17)8-14-7-9(6-13-14)16(19)20/h6-7,10H,2-5,8H2,1H3/t10-/m1/s1. The van der Waals surface area contributed by atoms with Crippen molar-refractivity contribution in [1.29, 1.82) is 0 Å². The highest BCUT2D eigenvalue weighted by molar-refractivity contribution is 5.84. The fourth-order valence-corrected chi connectivity index (χ4v) is 2.37. The normalized spacial score (nSPS) is 18.3. The summed E-state index contributed by atoms with van der Waals surface area (Å²) in [6, 6.07) is -0.582. The molecule has 0 bridgehead atoms. The van der Waals surface area contributed by atoms with Gasteiger partial charge in [0.1, 0.15) is 25.0 Å². The predicted octanol–water partition coefficient (Wildman–Crippen LogP) is 0.345. The maximum Gasteiger partial charge on any atom is 0.328 e. The monoisotopic (exact) mass is 296 g/mol. The van der Waals surface area contributed by atoms with Crippen LogP contribution in [0, 0.1) is 10.1 Å². The van der Waals surface area contributed by atoms with Gasteiger partial charge in [-0.05, 0) is 19.3 Å². The Labute approximate surface area is 120 Å². The first-order valence-corrected chi connectivity index (χ1v) is 6.57. The van der Waals surface area contributed by atoms with Gasteiger partial charge in [-0.1, -0.05) is 0 Å². The summed E-state index contributed by atoms with van der Waals surface area (Å²) in [7, 11) is 1.29. The topological polar surface area (TPSA) is 108 Å². The Kier molecular flexibility index (Phi) is 4.51. The van der Waals surface area contributed by atoms with Gasteiger partial charge in [-0.15, -0.1) is 0 Å². The lowest BCUT2D eigenvalue weighted by Crippen LogP contribution is -2.49. The number of hydrogen-bond donors (Lipinski definition) is 0. The minimum atomic E-state index is -0.582. The van der Waals surface area contributed by atoms with Crippen molar-refractivity contribution >= 4 is 17.6 Å². The highest BCUT2D eigenvalue weighted by atomic mass is 16.6. The molecule has 2 heterocycles. The Morgan fingerprint density at radius 2 is 2.29 bits per heavy atom. The molecule has 1 saturated heterocycles. The van der Waals surface area contributed by atoms with E-state index in [2.05, 4.69) is 5.10 Å². The Morgan fingerprint density at radius 3 is 2.90 bits per heavy atom. The maximum absolute atomic E-state index is 12.3. The maximum atomic E-state index is 12.3. The molecule has 1 atom stereocenters. The van der Waals surface area contributed by atoms with Gasteiger partial charge in [0.2, 0.25) is 5.91 Å². The van der Waals surface area contributed by atoms with Crippen LogP contribution >= 0.6 is 0 Å². The number of nitrogens with zero attached hydrogens (tertiary/aromatic N) is 4. The Balaban J connectivity index is 2.06. The van der Waals surface area contributed by atoms with Crippen LogP contribution in [0.15, 0.2) is 12.4 Å². The van der Waals surface area contributed by atoms with Crippen LogP contribution in [-0.2, 0) is 20.9 Å². The van der Waals surface area contributed by atoms with E-state index in [1.165, 1.54) is 22.9 Å². The molecule has 0 radical (unpaired) electrons. The van der Waals surface area contributed by atoms with Crippen molar-refractivity contribution in [3.63, 3.8) is 0 Å². The highest BCUT2D eigenvalue weighted by Gasteiger charge is 2.32. The first-order chi connectivity index (χ1) is 10.0. The summed E-state index contributed by atoms with van der Waals surface area (Å²) in [5.41, 5.74) is -0.175. The molecule has 1 aliphatic rings. The second kappa shape index (κ2) is 6.33. The van der Waals surface area contributed by atoms with Gasteiger partial charge in [-0.25, -0.2) is 4.79 Å². The van der Waals surface area contributed by atoms with Crippen LogP contribution in [0.3, 0.4) is 0 Å². The van der Waals surface area contributed by atoms with Crippen LogP contribution < -0.4 is 0 Å². The third-order valence-corrected chi connectivity index (χ3v) is 3.42. The SMILES string of the molecule is COC(=O)[C@H]1CCCCN1C(=O)Cn1cc([N+](=O)[O-])cn1. The molecular weight excluding hydrogens is 280 g/mol. The number of esters is 1. The molecule has 2 rings (SSSR count). The Bertz CT molecular complexity index is 556. The van der Waals surface area contributed by atoms with Crippen molar-refractivity contribution < 1.29 is 19.2 Å². The highest BCUT2D eigenvalue weighted by Crippen LogP contribution is 2.19. The van der Waals surface area contributed by atoms with Gasteiger partial charge in [0, 0.05) is 6.54 Å². The Hall–Kier alpha value is -2.45. The van der Waals surface area contributed by atoms with Crippen LogP contribution in [0.1, 0.15) is 19.3 Å². The summed E-state index contributed by atoms with van der Waals surface area (Å²) in [6.07, 6.45) is 4.52. The molecular formula is C12H16N4O5. The first kappa shape index (κ1) is 14.9. The van der Waals surface area contributed by atoms with E-state index in [9.17, 15) is 19.7 Å².